The van der Waals surface area contributed by atoms with Crippen LogP contribution >= 0.6 is 11.3 Å². The highest BCUT2D eigenvalue weighted by Crippen LogP contribution is 2.41. The van der Waals surface area contributed by atoms with E-state index >= 15 is 0 Å². The van der Waals surface area contributed by atoms with Crippen molar-refractivity contribution in [2.45, 2.75) is 51.0 Å². The Morgan fingerprint density at radius 3 is 2.71 bits per heavy atom. The zero-order valence-corrected chi connectivity index (χ0v) is 18.8. The maximum atomic E-state index is 5.53. The zero-order chi connectivity index (χ0) is 20.6. The fourth-order valence-corrected chi connectivity index (χ4v) is 6.61. The molecule has 2 aliphatic heterocycles. The van der Waals surface area contributed by atoms with Gasteiger partial charge in [0.2, 0.25) is 0 Å². The quantitative estimate of drug-likeness (QED) is 0.672. The number of H-pyrrole nitrogens is 1. The Kier molecular flexibility index (Phi) is 5.37. The highest BCUT2D eigenvalue weighted by Gasteiger charge is 2.28. The van der Waals surface area contributed by atoms with Crippen molar-refractivity contribution in [3.05, 3.63) is 34.2 Å². The summed E-state index contributed by atoms with van der Waals surface area (Å²) in [5.41, 5.74) is 2.81. The molecule has 3 aromatic rings. The lowest BCUT2D eigenvalue weighted by Crippen LogP contribution is -2.37. The first-order valence-electron chi connectivity index (χ1n) is 11.7. The number of aromatic nitrogens is 4. The van der Waals surface area contributed by atoms with Crippen molar-refractivity contribution in [1.29, 1.82) is 0 Å². The summed E-state index contributed by atoms with van der Waals surface area (Å²) in [5.74, 6) is 2.73. The SMILES string of the molecule is c1cc(C2CCN(c3nc(CN4CCOCC4)nc4sc5c(c34)CCCC5)CC2)[nH]n1. The van der Waals surface area contributed by atoms with Crippen LogP contribution in [-0.4, -0.2) is 64.5 Å². The van der Waals surface area contributed by atoms with Gasteiger partial charge in [-0.05, 0) is 50.2 Å². The van der Waals surface area contributed by atoms with Gasteiger partial charge in [-0.25, -0.2) is 9.97 Å². The molecule has 8 heteroatoms. The van der Waals surface area contributed by atoms with E-state index in [0.29, 0.717) is 5.92 Å². The Balaban J connectivity index is 1.33. The monoisotopic (exact) mass is 438 g/mol. The number of ether oxygens (including phenoxy) is 1. The largest absolute Gasteiger partial charge is 0.379 e. The standard InChI is InChI=1S/C23H30N6OS/c1-2-4-19-17(3-1)21-22(29-9-6-16(7-10-29)18-5-8-24-27-18)25-20(26-23(21)31-19)15-28-11-13-30-14-12-28/h5,8,16H,1-4,6-7,9-15H2,(H,24,27). The molecule has 31 heavy (non-hydrogen) atoms. The molecule has 3 aliphatic rings. The molecule has 1 aliphatic carbocycles. The number of morpholine rings is 1. The van der Waals surface area contributed by atoms with Crippen LogP contribution in [0.5, 0.6) is 0 Å². The van der Waals surface area contributed by atoms with E-state index in [-0.39, 0.29) is 0 Å². The molecule has 0 saturated carbocycles. The van der Waals surface area contributed by atoms with Crippen molar-refractivity contribution >= 4 is 27.4 Å². The summed E-state index contributed by atoms with van der Waals surface area (Å²) in [6.45, 7) is 6.45. The molecule has 1 N–H and O–H groups in total. The van der Waals surface area contributed by atoms with Gasteiger partial charge in [0.25, 0.3) is 0 Å². The number of piperidine rings is 1. The second-order valence-electron chi connectivity index (χ2n) is 9.02. The highest BCUT2D eigenvalue weighted by atomic mass is 32.1. The van der Waals surface area contributed by atoms with Crippen LogP contribution < -0.4 is 4.90 Å². The van der Waals surface area contributed by atoms with E-state index < -0.39 is 0 Å². The maximum absolute atomic E-state index is 5.53. The molecule has 5 heterocycles. The van der Waals surface area contributed by atoms with Crippen LogP contribution in [0.3, 0.4) is 0 Å². The van der Waals surface area contributed by atoms with E-state index in [4.69, 9.17) is 14.7 Å². The number of nitrogens with one attached hydrogen (secondary N) is 1. The zero-order valence-electron chi connectivity index (χ0n) is 18.0. The predicted octanol–water partition coefficient (Wildman–Crippen LogP) is 3.51. The molecule has 0 aromatic carbocycles. The van der Waals surface area contributed by atoms with Gasteiger partial charge in [-0.1, -0.05) is 0 Å². The molecule has 164 valence electrons. The lowest BCUT2D eigenvalue weighted by atomic mass is 9.93. The van der Waals surface area contributed by atoms with Crippen molar-refractivity contribution < 1.29 is 4.74 Å². The molecule has 6 rings (SSSR count). The van der Waals surface area contributed by atoms with Gasteiger partial charge in [0, 0.05) is 48.9 Å². The number of hydrogen-bond acceptors (Lipinski definition) is 7. The van der Waals surface area contributed by atoms with Crippen molar-refractivity contribution in [2.75, 3.05) is 44.3 Å². The number of thiophene rings is 1. The first-order valence-corrected chi connectivity index (χ1v) is 12.5. The first-order chi connectivity index (χ1) is 15.3. The van der Waals surface area contributed by atoms with Crippen LogP contribution in [0.25, 0.3) is 10.2 Å². The van der Waals surface area contributed by atoms with E-state index in [9.17, 15) is 0 Å². The molecule has 2 fully saturated rings. The van der Waals surface area contributed by atoms with Crippen molar-refractivity contribution in [2.24, 2.45) is 0 Å². The lowest BCUT2D eigenvalue weighted by Gasteiger charge is -2.33. The minimum absolute atomic E-state index is 0.570. The first kappa shape index (κ1) is 19.6. The summed E-state index contributed by atoms with van der Waals surface area (Å²) < 4.78 is 5.53. The van der Waals surface area contributed by atoms with E-state index in [1.807, 2.05) is 17.5 Å². The molecule has 7 nitrogen and oxygen atoms in total. The number of nitrogens with zero attached hydrogens (tertiary/aromatic N) is 5. The Hall–Kier alpha value is -2.03. The van der Waals surface area contributed by atoms with Gasteiger partial charge in [0.1, 0.15) is 16.5 Å². The highest BCUT2D eigenvalue weighted by molar-refractivity contribution is 7.19. The topological polar surface area (TPSA) is 70.2 Å². The normalized spacial score (nSPS) is 21.0. The van der Waals surface area contributed by atoms with Crippen LogP contribution in [0.1, 0.15) is 53.6 Å². The Bertz CT molecular complexity index is 1030. The second kappa shape index (κ2) is 8.48. The van der Waals surface area contributed by atoms with Crippen molar-refractivity contribution in [3.63, 3.8) is 0 Å². The number of aromatic amines is 1. The van der Waals surface area contributed by atoms with Crippen LogP contribution in [0.4, 0.5) is 5.82 Å². The molecule has 0 bridgehead atoms. The van der Waals surface area contributed by atoms with Crippen LogP contribution in [0, 0.1) is 0 Å². The summed E-state index contributed by atoms with van der Waals surface area (Å²) in [4.78, 5) is 18.0. The Morgan fingerprint density at radius 1 is 1.06 bits per heavy atom. The van der Waals surface area contributed by atoms with Gasteiger partial charge >= 0.3 is 0 Å². The molecule has 0 atom stereocenters. The van der Waals surface area contributed by atoms with Gasteiger partial charge in [0.05, 0.1) is 25.1 Å². The number of fused-ring (bicyclic) bond motifs is 3. The van der Waals surface area contributed by atoms with Crippen LogP contribution in [-0.2, 0) is 24.1 Å². The smallest absolute Gasteiger partial charge is 0.146 e. The summed E-state index contributed by atoms with van der Waals surface area (Å²) in [7, 11) is 0. The van der Waals surface area contributed by atoms with E-state index in [1.54, 1.807) is 4.88 Å². The minimum atomic E-state index is 0.570. The minimum Gasteiger partial charge on any atom is -0.379 e. The average Bonchev–Trinajstić information content (AvgIpc) is 3.47. The van der Waals surface area contributed by atoms with Crippen LogP contribution in [0.15, 0.2) is 12.3 Å². The third kappa shape index (κ3) is 3.85. The Labute approximate surface area is 186 Å². The molecule has 3 aromatic heterocycles. The van der Waals surface area contributed by atoms with Gasteiger partial charge in [-0.3, -0.25) is 10.00 Å². The third-order valence-corrected chi connectivity index (χ3v) is 8.25. The second-order valence-corrected chi connectivity index (χ2v) is 10.1. The molecule has 2 saturated heterocycles. The molecular weight excluding hydrogens is 408 g/mol. The predicted molar refractivity (Wildman–Crippen MR) is 123 cm³/mol. The van der Waals surface area contributed by atoms with E-state index in [1.165, 1.54) is 53.0 Å². The number of anilines is 1. The number of aryl methyl sites for hydroxylation is 2. The summed E-state index contributed by atoms with van der Waals surface area (Å²) in [6, 6.07) is 2.12. The van der Waals surface area contributed by atoms with E-state index in [0.717, 1.165) is 64.6 Å². The average molecular weight is 439 g/mol. The fraction of sp³-hybridized carbons (Fsp3) is 0.609. The molecule has 0 unspecified atom stereocenters. The molecule has 0 radical (unpaired) electrons. The van der Waals surface area contributed by atoms with Crippen molar-refractivity contribution in [1.82, 2.24) is 25.1 Å². The number of rotatable bonds is 4. The van der Waals surface area contributed by atoms with Gasteiger partial charge < -0.3 is 9.64 Å². The molecular formula is C23H30N6OS. The summed E-state index contributed by atoms with van der Waals surface area (Å²) in [5, 5.41) is 8.68. The Morgan fingerprint density at radius 2 is 1.90 bits per heavy atom. The number of hydrogen-bond donors (Lipinski definition) is 1. The fourth-order valence-electron chi connectivity index (χ4n) is 5.34. The third-order valence-electron chi connectivity index (χ3n) is 7.07. The van der Waals surface area contributed by atoms with Gasteiger partial charge in [-0.2, -0.15) is 5.10 Å². The van der Waals surface area contributed by atoms with Gasteiger partial charge in [-0.15, -0.1) is 11.3 Å². The molecule has 0 amide bonds. The van der Waals surface area contributed by atoms with Crippen molar-refractivity contribution in [3.8, 4) is 0 Å². The summed E-state index contributed by atoms with van der Waals surface area (Å²) >= 11 is 1.92. The summed E-state index contributed by atoms with van der Waals surface area (Å²) in [6.07, 6.45) is 9.12. The maximum Gasteiger partial charge on any atom is 0.146 e. The lowest BCUT2D eigenvalue weighted by molar-refractivity contribution is 0.0331. The van der Waals surface area contributed by atoms with Crippen LogP contribution in [0.2, 0.25) is 0 Å². The van der Waals surface area contributed by atoms with E-state index in [2.05, 4.69) is 26.1 Å². The van der Waals surface area contributed by atoms with Gasteiger partial charge in [0.15, 0.2) is 0 Å². The molecule has 0 spiro atoms.